The first kappa shape index (κ1) is 20.9. The SMILES string of the molecule is CCC(C)(CCCCNCC1CO1)OCCCCC(C)(C)NC. The molecule has 2 N–H and O–H groups in total. The molecule has 138 valence electrons. The minimum absolute atomic E-state index is 0.0537. The van der Waals surface area contributed by atoms with Crippen LogP contribution in [-0.2, 0) is 9.47 Å². The lowest BCUT2D eigenvalue weighted by Crippen LogP contribution is -2.36. The molecule has 0 saturated carbocycles. The average Bonchev–Trinajstić information content (AvgIpc) is 3.34. The standard InChI is InChI=1S/C19H40N2O2/c1-6-19(4,12-7-9-13-21-15-17-16-22-17)23-14-10-8-11-18(2,3)20-5/h17,20-21H,6-16H2,1-5H3. The highest BCUT2D eigenvalue weighted by Crippen LogP contribution is 2.23. The van der Waals surface area contributed by atoms with Gasteiger partial charge in [0.1, 0.15) is 0 Å². The number of rotatable bonds is 15. The highest BCUT2D eigenvalue weighted by Gasteiger charge is 2.23. The lowest BCUT2D eigenvalue weighted by molar-refractivity contribution is -0.0436. The Morgan fingerprint density at radius 1 is 1.09 bits per heavy atom. The average molecular weight is 329 g/mol. The van der Waals surface area contributed by atoms with Gasteiger partial charge in [-0.05, 0) is 79.3 Å². The predicted octanol–water partition coefficient (Wildman–Crippen LogP) is 3.50. The van der Waals surface area contributed by atoms with Crippen molar-refractivity contribution in [2.45, 2.75) is 89.9 Å². The lowest BCUT2D eigenvalue weighted by Gasteiger charge is -2.29. The van der Waals surface area contributed by atoms with Crippen LogP contribution in [0, 0.1) is 0 Å². The summed E-state index contributed by atoms with van der Waals surface area (Å²) in [7, 11) is 2.04. The van der Waals surface area contributed by atoms with Gasteiger partial charge in [-0.15, -0.1) is 0 Å². The molecule has 1 heterocycles. The molecule has 0 aromatic heterocycles. The van der Waals surface area contributed by atoms with Gasteiger partial charge in [0, 0.05) is 18.7 Å². The molecule has 0 aromatic carbocycles. The Kier molecular flexibility index (Phi) is 9.67. The van der Waals surface area contributed by atoms with Gasteiger partial charge in [0.25, 0.3) is 0 Å². The van der Waals surface area contributed by atoms with E-state index in [2.05, 4.69) is 38.3 Å². The van der Waals surface area contributed by atoms with Gasteiger partial charge in [0.05, 0.1) is 18.3 Å². The first-order valence-electron chi connectivity index (χ1n) is 9.56. The Labute approximate surface area is 144 Å². The zero-order chi connectivity index (χ0) is 17.2. The molecule has 1 fully saturated rings. The molecule has 0 aromatic rings. The van der Waals surface area contributed by atoms with E-state index < -0.39 is 0 Å². The van der Waals surface area contributed by atoms with Crippen molar-refractivity contribution in [2.75, 3.05) is 33.4 Å². The molecule has 1 saturated heterocycles. The zero-order valence-corrected chi connectivity index (χ0v) is 16.2. The van der Waals surface area contributed by atoms with E-state index in [0.29, 0.717) is 6.10 Å². The second-order valence-corrected chi connectivity index (χ2v) is 7.86. The van der Waals surface area contributed by atoms with Crippen LogP contribution in [0.1, 0.15) is 72.6 Å². The molecule has 1 rings (SSSR count). The first-order chi connectivity index (χ1) is 10.9. The molecule has 23 heavy (non-hydrogen) atoms. The zero-order valence-electron chi connectivity index (χ0n) is 16.2. The van der Waals surface area contributed by atoms with Gasteiger partial charge in [-0.3, -0.25) is 0 Å². The first-order valence-corrected chi connectivity index (χ1v) is 9.56. The van der Waals surface area contributed by atoms with E-state index in [4.69, 9.17) is 9.47 Å². The molecule has 2 atom stereocenters. The van der Waals surface area contributed by atoms with Crippen molar-refractivity contribution in [2.24, 2.45) is 0 Å². The summed E-state index contributed by atoms with van der Waals surface area (Å²) in [5, 5.41) is 6.82. The molecule has 2 unspecified atom stereocenters. The maximum absolute atomic E-state index is 6.22. The highest BCUT2D eigenvalue weighted by atomic mass is 16.6. The van der Waals surface area contributed by atoms with E-state index in [1.807, 2.05) is 7.05 Å². The van der Waals surface area contributed by atoms with Crippen molar-refractivity contribution >= 4 is 0 Å². The minimum atomic E-state index is 0.0537. The summed E-state index contributed by atoms with van der Waals surface area (Å²) < 4.78 is 11.4. The number of nitrogens with one attached hydrogen (secondary N) is 2. The topological polar surface area (TPSA) is 45.8 Å². The third-order valence-electron chi connectivity index (χ3n) is 5.15. The Hall–Kier alpha value is -0.160. The molecular weight excluding hydrogens is 288 g/mol. The van der Waals surface area contributed by atoms with Crippen LogP contribution < -0.4 is 10.6 Å². The summed E-state index contributed by atoms with van der Waals surface area (Å²) >= 11 is 0. The van der Waals surface area contributed by atoms with Crippen molar-refractivity contribution in [3.05, 3.63) is 0 Å². The molecule has 1 aliphatic rings. The van der Waals surface area contributed by atoms with E-state index in [1.165, 1.54) is 25.7 Å². The minimum Gasteiger partial charge on any atom is -0.375 e. The van der Waals surface area contributed by atoms with Crippen LogP contribution in [0.2, 0.25) is 0 Å². The molecule has 1 aliphatic heterocycles. The van der Waals surface area contributed by atoms with Crippen molar-refractivity contribution in [1.82, 2.24) is 10.6 Å². The van der Waals surface area contributed by atoms with Gasteiger partial charge >= 0.3 is 0 Å². The molecule has 0 radical (unpaired) electrons. The van der Waals surface area contributed by atoms with Gasteiger partial charge in [-0.1, -0.05) is 6.92 Å². The van der Waals surface area contributed by atoms with Gasteiger partial charge in [-0.2, -0.15) is 0 Å². The van der Waals surface area contributed by atoms with Crippen LogP contribution in [-0.4, -0.2) is 50.6 Å². The smallest absolute Gasteiger partial charge is 0.0933 e. The number of hydrogen-bond donors (Lipinski definition) is 2. The monoisotopic (exact) mass is 328 g/mol. The molecule has 0 spiro atoms. The van der Waals surface area contributed by atoms with E-state index in [0.717, 1.165) is 45.6 Å². The summed E-state index contributed by atoms with van der Waals surface area (Å²) in [5.41, 5.74) is 0.296. The summed E-state index contributed by atoms with van der Waals surface area (Å²) in [6.07, 6.45) is 8.78. The van der Waals surface area contributed by atoms with E-state index in [9.17, 15) is 0 Å². The second kappa shape index (κ2) is 10.7. The largest absolute Gasteiger partial charge is 0.375 e. The third kappa shape index (κ3) is 10.3. The normalized spacial score (nSPS) is 20.5. The molecular formula is C19H40N2O2. The van der Waals surface area contributed by atoms with Crippen LogP contribution >= 0.6 is 0 Å². The fourth-order valence-corrected chi connectivity index (χ4v) is 2.66. The van der Waals surface area contributed by atoms with Crippen LogP contribution in [0.25, 0.3) is 0 Å². The maximum Gasteiger partial charge on any atom is 0.0933 e. The second-order valence-electron chi connectivity index (χ2n) is 7.86. The van der Waals surface area contributed by atoms with Gasteiger partial charge in [0.15, 0.2) is 0 Å². The van der Waals surface area contributed by atoms with Crippen molar-refractivity contribution in [3.63, 3.8) is 0 Å². The molecule has 4 heteroatoms. The van der Waals surface area contributed by atoms with E-state index in [1.54, 1.807) is 0 Å². The van der Waals surface area contributed by atoms with Crippen LogP contribution in [0.4, 0.5) is 0 Å². The number of unbranched alkanes of at least 4 members (excludes halogenated alkanes) is 2. The summed E-state index contributed by atoms with van der Waals surface area (Å²) in [4.78, 5) is 0. The molecule has 0 bridgehead atoms. The summed E-state index contributed by atoms with van der Waals surface area (Å²) in [6.45, 7) is 13.0. The molecule has 4 nitrogen and oxygen atoms in total. The van der Waals surface area contributed by atoms with Crippen molar-refractivity contribution in [1.29, 1.82) is 0 Å². The number of epoxide rings is 1. The Bertz CT molecular complexity index is 306. The van der Waals surface area contributed by atoms with Gasteiger partial charge in [-0.25, -0.2) is 0 Å². The fourth-order valence-electron chi connectivity index (χ4n) is 2.66. The van der Waals surface area contributed by atoms with Crippen molar-refractivity contribution in [3.8, 4) is 0 Å². The van der Waals surface area contributed by atoms with Crippen LogP contribution in [0.15, 0.2) is 0 Å². The predicted molar refractivity (Wildman–Crippen MR) is 98.1 cm³/mol. The lowest BCUT2D eigenvalue weighted by atomic mass is 9.95. The Morgan fingerprint density at radius 3 is 2.39 bits per heavy atom. The quantitative estimate of drug-likeness (QED) is 0.357. The van der Waals surface area contributed by atoms with Crippen LogP contribution in [0.3, 0.4) is 0 Å². The Morgan fingerprint density at radius 2 is 1.78 bits per heavy atom. The van der Waals surface area contributed by atoms with E-state index >= 15 is 0 Å². The fraction of sp³-hybridized carbons (Fsp3) is 1.00. The molecule has 0 amide bonds. The summed E-state index contributed by atoms with van der Waals surface area (Å²) in [6, 6.07) is 0. The van der Waals surface area contributed by atoms with Gasteiger partial charge in [0.2, 0.25) is 0 Å². The van der Waals surface area contributed by atoms with Crippen LogP contribution in [0.5, 0.6) is 0 Å². The van der Waals surface area contributed by atoms with E-state index in [-0.39, 0.29) is 11.1 Å². The number of hydrogen-bond acceptors (Lipinski definition) is 4. The Balaban J connectivity index is 2.02. The third-order valence-corrected chi connectivity index (χ3v) is 5.15. The van der Waals surface area contributed by atoms with Crippen molar-refractivity contribution < 1.29 is 9.47 Å². The highest BCUT2D eigenvalue weighted by molar-refractivity contribution is 4.76. The summed E-state index contributed by atoms with van der Waals surface area (Å²) in [5.74, 6) is 0. The number of ether oxygens (including phenoxy) is 2. The maximum atomic E-state index is 6.22. The van der Waals surface area contributed by atoms with Gasteiger partial charge < -0.3 is 20.1 Å². The molecule has 0 aliphatic carbocycles.